The molecule has 1 aliphatic heterocycles. The third kappa shape index (κ3) is 3.62. The highest BCUT2D eigenvalue weighted by atomic mass is 35.5. The average Bonchev–Trinajstić information content (AvgIpc) is 2.83. The number of halogens is 1. The third-order valence-corrected chi connectivity index (χ3v) is 4.96. The lowest BCUT2D eigenvalue weighted by Gasteiger charge is -2.14. The first-order chi connectivity index (χ1) is 12.8. The van der Waals surface area contributed by atoms with E-state index in [1.54, 1.807) is 12.1 Å². The molecule has 2 aromatic carbocycles. The average molecular weight is 383 g/mol. The van der Waals surface area contributed by atoms with Crippen LogP contribution in [-0.4, -0.2) is 23.3 Å². The van der Waals surface area contributed by atoms with E-state index >= 15 is 0 Å². The molecule has 0 unspecified atom stereocenters. The Morgan fingerprint density at radius 1 is 0.963 bits per heavy atom. The van der Waals surface area contributed by atoms with Gasteiger partial charge in [0.15, 0.2) is 0 Å². The van der Waals surface area contributed by atoms with Crippen LogP contribution in [0.2, 0.25) is 5.02 Å². The topological polar surface area (TPSA) is 49.4 Å². The van der Waals surface area contributed by atoms with Crippen LogP contribution in [0.1, 0.15) is 35.6 Å². The third-order valence-electron chi connectivity index (χ3n) is 4.73. The van der Waals surface area contributed by atoms with Crippen LogP contribution in [0.5, 0.6) is 0 Å². The fourth-order valence-electron chi connectivity index (χ4n) is 3.33. The predicted octanol–water partition coefficient (Wildman–Crippen LogP) is 4.87. The maximum atomic E-state index is 13.1. The molecule has 27 heavy (non-hydrogen) atoms. The van der Waals surface area contributed by atoms with E-state index in [0.29, 0.717) is 29.3 Å². The van der Waals surface area contributed by atoms with Gasteiger partial charge in [-0.05, 0) is 56.0 Å². The van der Waals surface area contributed by atoms with E-state index in [9.17, 15) is 9.59 Å². The van der Waals surface area contributed by atoms with Crippen LogP contribution >= 0.6 is 11.6 Å². The summed E-state index contributed by atoms with van der Waals surface area (Å²) >= 11 is 6.12. The molecular weight excluding hydrogens is 360 g/mol. The molecule has 0 aromatic heterocycles. The zero-order valence-corrected chi connectivity index (χ0v) is 16.8. The Hall–Kier alpha value is -2.59. The number of imide groups is 1. The molecule has 0 saturated heterocycles. The Balaban J connectivity index is 2.15. The second-order valence-electron chi connectivity index (χ2n) is 6.91. The lowest BCUT2D eigenvalue weighted by molar-refractivity contribution is -0.136. The van der Waals surface area contributed by atoms with Crippen molar-refractivity contribution in [2.24, 2.45) is 0 Å². The van der Waals surface area contributed by atoms with E-state index < -0.39 is 0 Å². The Bertz CT molecular complexity index is 963. The van der Waals surface area contributed by atoms with Gasteiger partial charge in [-0.15, -0.1) is 0 Å². The minimum Gasteiger partial charge on any atom is -0.350 e. The summed E-state index contributed by atoms with van der Waals surface area (Å²) in [6.45, 7) is 8.24. The highest BCUT2D eigenvalue weighted by molar-refractivity contribution is 6.37. The zero-order valence-electron chi connectivity index (χ0n) is 16.0. The van der Waals surface area contributed by atoms with Crippen molar-refractivity contribution >= 4 is 34.7 Å². The standard InChI is InChI=1S/C22H23ClN2O2/c1-5-10-25-21(26)19(17-9-6-13(2)11-15(17)4)20(22(25)27)24-18-12-16(23)8-7-14(18)3/h6-9,11-12,24H,5,10H2,1-4H3. The predicted molar refractivity (Wildman–Crippen MR) is 110 cm³/mol. The Morgan fingerprint density at radius 3 is 2.37 bits per heavy atom. The van der Waals surface area contributed by atoms with Crippen molar-refractivity contribution in [3.8, 4) is 0 Å². The van der Waals surface area contributed by atoms with Crippen LogP contribution in [-0.2, 0) is 9.59 Å². The van der Waals surface area contributed by atoms with Crippen LogP contribution in [0.3, 0.4) is 0 Å². The first-order valence-corrected chi connectivity index (χ1v) is 9.42. The Kier molecular flexibility index (Phi) is 5.38. The summed E-state index contributed by atoms with van der Waals surface area (Å²) in [6.07, 6.45) is 0.709. The van der Waals surface area contributed by atoms with E-state index in [0.717, 1.165) is 27.9 Å². The highest BCUT2D eigenvalue weighted by Crippen LogP contribution is 2.33. The summed E-state index contributed by atoms with van der Waals surface area (Å²) in [4.78, 5) is 27.4. The molecule has 3 rings (SSSR count). The van der Waals surface area contributed by atoms with Gasteiger partial charge in [-0.3, -0.25) is 14.5 Å². The summed E-state index contributed by atoms with van der Waals surface area (Å²) < 4.78 is 0. The van der Waals surface area contributed by atoms with Crippen LogP contribution in [0.15, 0.2) is 42.1 Å². The van der Waals surface area contributed by atoms with Crippen molar-refractivity contribution in [1.29, 1.82) is 0 Å². The molecule has 0 bridgehead atoms. The smallest absolute Gasteiger partial charge is 0.278 e. The van der Waals surface area contributed by atoms with E-state index in [4.69, 9.17) is 11.6 Å². The number of hydrogen-bond donors (Lipinski definition) is 1. The van der Waals surface area contributed by atoms with Gasteiger partial charge in [0.2, 0.25) is 0 Å². The number of carbonyl (C=O) groups excluding carboxylic acids is 2. The first kappa shape index (κ1) is 19.2. The zero-order chi connectivity index (χ0) is 19.7. The largest absolute Gasteiger partial charge is 0.350 e. The van der Waals surface area contributed by atoms with Crippen molar-refractivity contribution < 1.29 is 9.59 Å². The molecule has 0 saturated carbocycles. The first-order valence-electron chi connectivity index (χ1n) is 9.04. The maximum Gasteiger partial charge on any atom is 0.278 e. The summed E-state index contributed by atoms with van der Waals surface area (Å²) in [6, 6.07) is 11.3. The molecule has 0 fully saturated rings. The van der Waals surface area contributed by atoms with Gasteiger partial charge in [-0.2, -0.15) is 0 Å². The van der Waals surface area contributed by atoms with Crippen molar-refractivity contribution in [2.75, 3.05) is 11.9 Å². The van der Waals surface area contributed by atoms with Crippen LogP contribution < -0.4 is 5.32 Å². The van der Waals surface area contributed by atoms with Crippen LogP contribution in [0, 0.1) is 20.8 Å². The van der Waals surface area contributed by atoms with E-state index in [1.807, 2.05) is 52.0 Å². The van der Waals surface area contributed by atoms with Gasteiger partial charge >= 0.3 is 0 Å². The number of benzene rings is 2. The number of amides is 2. The van der Waals surface area contributed by atoms with Crippen molar-refractivity contribution in [1.82, 2.24) is 4.90 Å². The molecule has 4 nitrogen and oxygen atoms in total. The molecule has 1 heterocycles. The van der Waals surface area contributed by atoms with Gasteiger partial charge < -0.3 is 5.32 Å². The molecule has 0 aliphatic carbocycles. The fraction of sp³-hybridized carbons (Fsp3) is 0.273. The quantitative estimate of drug-likeness (QED) is 0.750. The molecule has 5 heteroatoms. The maximum absolute atomic E-state index is 13.1. The van der Waals surface area contributed by atoms with Gasteiger partial charge in [0.25, 0.3) is 11.8 Å². The highest BCUT2D eigenvalue weighted by Gasteiger charge is 2.39. The molecule has 0 spiro atoms. The second-order valence-corrected chi connectivity index (χ2v) is 7.35. The lowest BCUT2D eigenvalue weighted by atomic mass is 9.97. The van der Waals surface area contributed by atoms with Gasteiger partial charge in [0.1, 0.15) is 5.70 Å². The summed E-state index contributed by atoms with van der Waals surface area (Å²) in [7, 11) is 0. The van der Waals surface area contributed by atoms with E-state index in [2.05, 4.69) is 5.32 Å². The van der Waals surface area contributed by atoms with E-state index in [-0.39, 0.29) is 11.8 Å². The number of nitrogens with one attached hydrogen (secondary N) is 1. The van der Waals surface area contributed by atoms with Gasteiger partial charge in [0.05, 0.1) is 5.57 Å². The molecule has 0 atom stereocenters. The SMILES string of the molecule is CCCN1C(=O)C(Nc2cc(Cl)ccc2C)=C(c2ccc(C)cc2C)C1=O. The number of carbonyl (C=O) groups is 2. The van der Waals surface area contributed by atoms with Crippen LogP contribution in [0.25, 0.3) is 5.57 Å². The number of hydrogen-bond acceptors (Lipinski definition) is 3. The number of nitrogens with zero attached hydrogens (tertiary/aromatic N) is 1. The minimum atomic E-state index is -0.295. The number of rotatable bonds is 5. The van der Waals surface area contributed by atoms with Crippen molar-refractivity contribution in [3.05, 3.63) is 69.4 Å². The lowest BCUT2D eigenvalue weighted by Crippen LogP contribution is -2.33. The molecule has 2 amide bonds. The van der Waals surface area contributed by atoms with Crippen molar-refractivity contribution in [3.63, 3.8) is 0 Å². The molecular formula is C22H23ClN2O2. The minimum absolute atomic E-state index is 0.254. The summed E-state index contributed by atoms with van der Waals surface area (Å²) in [5.41, 5.74) is 5.25. The number of aryl methyl sites for hydroxylation is 3. The molecule has 1 aliphatic rings. The molecule has 2 aromatic rings. The fourth-order valence-corrected chi connectivity index (χ4v) is 3.50. The Labute approximate surface area is 164 Å². The van der Waals surface area contributed by atoms with Crippen molar-refractivity contribution in [2.45, 2.75) is 34.1 Å². The normalized spacial score (nSPS) is 14.3. The van der Waals surface area contributed by atoms with E-state index in [1.165, 1.54) is 4.90 Å². The summed E-state index contributed by atoms with van der Waals surface area (Å²) in [5.74, 6) is -0.549. The number of anilines is 1. The monoisotopic (exact) mass is 382 g/mol. The summed E-state index contributed by atoms with van der Waals surface area (Å²) in [5, 5.41) is 3.76. The van der Waals surface area contributed by atoms with Gasteiger partial charge in [-0.1, -0.05) is 48.4 Å². The molecule has 1 N–H and O–H groups in total. The molecule has 0 radical (unpaired) electrons. The van der Waals surface area contributed by atoms with Crippen LogP contribution in [0.4, 0.5) is 5.69 Å². The Morgan fingerprint density at radius 2 is 1.70 bits per heavy atom. The van der Waals surface area contributed by atoms with Gasteiger partial charge in [-0.25, -0.2) is 0 Å². The van der Waals surface area contributed by atoms with Gasteiger partial charge in [0, 0.05) is 17.3 Å². The molecule has 140 valence electrons. The second kappa shape index (κ2) is 7.57.